The van der Waals surface area contributed by atoms with E-state index in [-0.39, 0.29) is 23.6 Å². The van der Waals surface area contributed by atoms with Gasteiger partial charge in [0, 0.05) is 22.5 Å². The van der Waals surface area contributed by atoms with E-state index in [9.17, 15) is 19.2 Å². The molecule has 0 saturated carbocycles. The van der Waals surface area contributed by atoms with Gasteiger partial charge in [-0.05, 0) is 38.8 Å². The van der Waals surface area contributed by atoms with Crippen molar-refractivity contribution in [2.75, 3.05) is 0 Å². The summed E-state index contributed by atoms with van der Waals surface area (Å²) in [6.45, 7) is 6.29. The molecule has 0 unspecified atom stereocenters. The van der Waals surface area contributed by atoms with Crippen LogP contribution in [0.15, 0.2) is 46.8 Å². The Kier molecular flexibility index (Phi) is 5.04. The predicted octanol–water partition coefficient (Wildman–Crippen LogP) is 2.12. The van der Waals surface area contributed by atoms with E-state index in [1.807, 2.05) is 0 Å². The van der Waals surface area contributed by atoms with E-state index in [0.29, 0.717) is 22.5 Å². The Morgan fingerprint density at radius 1 is 0.714 bits per heavy atom. The first-order valence-corrected chi connectivity index (χ1v) is 8.87. The summed E-state index contributed by atoms with van der Waals surface area (Å²) in [5, 5.41) is 10.7. The Morgan fingerprint density at radius 3 is 1.32 bits per heavy atom. The van der Waals surface area contributed by atoms with Crippen LogP contribution in [0.5, 0.6) is 0 Å². The molecule has 0 aromatic heterocycles. The van der Waals surface area contributed by atoms with Crippen molar-refractivity contribution in [3.63, 3.8) is 0 Å². The van der Waals surface area contributed by atoms with Crippen molar-refractivity contribution in [3.8, 4) is 0 Å². The van der Waals surface area contributed by atoms with Crippen molar-refractivity contribution >= 4 is 23.6 Å². The van der Waals surface area contributed by atoms with Crippen LogP contribution in [0.2, 0.25) is 0 Å². The van der Waals surface area contributed by atoms with Crippen molar-refractivity contribution in [2.24, 2.45) is 0 Å². The third kappa shape index (κ3) is 3.53. The Balaban J connectivity index is 1.97. The maximum Gasteiger partial charge on any atom is 0.319 e. The second-order valence-electron chi connectivity index (χ2n) is 6.92. The number of amides is 4. The Labute approximate surface area is 162 Å². The molecule has 0 spiro atoms. The zero-order chi connectivity index (χ0) is 20.6. The van der Waals surface area contributed by atoms with Crippen molar-refractivity contribution in [1.29, 1.82) is 0 Å². The van der Waals surface area contributed by atoms with Crippen LogP contribution in [0.1, 0.15) is 50.9 Å². The van der Waals surface area contributed by atoms with Crippen LogP contribution in [0.25, 0.3) is 0 Å². The van der Waals surface area contributed by atoms with E-state index >= 15 is 0 Å². The summed E-state index contributed by atoms with van der Waals surface area (Å²) < 4.78 is 0. The lowest BCUT2D eigenvalue weighted by Gasteiger charge is -2.30. The minimum Gasteiger partial charge on any atom is -0.327 e. The summed E-state index contributed by atoms with van der Waals surface area (Å²) in [5.41, 5.74) is 3.48. The molecule has 8 heteroatoms. The van der Waals surface area contributed by atoms with Crippen LogP contribution in [-0.2, 0) is 9.59 Å². The minimum absolute atomic E-state index is 0.137. The molecule has 2 aliphatic rings. The number of Topliss-reactive ketones (excluding diaryl/α,β-unsaturated/α-hetero) is 2. The number of carbonyl (C=O) groups is 4. The van der Waals surface area contributed by atoms with Crippen molar-refractivity contribution in [1.82, 2.24) is 21.3 Å². The normalized spacial score (nSPS) is 22.1. The minimum atomic E-state index is -0.563. The monoisotopic (exact) mass is 382 g/mol. The van der Waals surface area contributed by atoms with Gasteiger partial charge < -0.3 is 21.3 Å². The quantitative estimate of drug-likeness (QED) is 0.638. The zero-order valence-corrected chi connectivity index (χ0v) is 16.1. The fraction of sp³-hybridized carbons (Fsp3) is 0.300. The SMILES string of the molecule is CC(=O)C1=C(C)NC(=O)N[C@H]1c1ccc([C@@H]2NC(=O)NC(C)=C2C(C)=O)cc1. The topological polar surface area (TPSA) is 116 Å². The van der Waals surface area contributed by atoms with Gasteiger partial charge in [0.25, 0.3) is 0 Å². The largest absolute Gasteiger partial charge is 0.327 e. The highest BCUT2D eigenvalue weighted by Gasteiger charge is 2.31. The second kappa shape index (κ2) is 7.30. The van der Waals surface area contributed by atoms with Gasteiger partial charge in [0.2, 0.25) is 0 Å². The number of allylic oxidation sites excluding steroid dienone is 2. The molecule has 2 atom stereocenters. The molecule has 28 heavy (non-hydrogen) atoms. The molecule has 2 aliphatic heterocycles. The van der Waals surface area contributed by atoms with E-state index in [1.54, 1.807) is 38.1 Å². The van der Waals surface area contributed by atoms with Gasteiger partial charge >= 0.3 is 12.1 Å². The van der Waals surface area contributed by atoms with E-state index in [4.69, 9.17) is 0 Å². The van der Waals surface area contributed by atoms with Crippen molar-refractivity contribution in [3.05, 3.63) is 57.9 Å². The van der Waals surface area contributed by atoms with Crippen LogP contribution in [0, 0.1) is 0 Å². The first-order chi connectivity index (χ1) is 13.2. The lowest BCUT2D eigenvalue weighted by atomic mass is 9.89. The van der Waals surface area contributed by atoms with Gasteiger partial charge in [-0.15, -0.1) is 0 Å². The molecule has 0 radical (unpaired) electrons. The fourth-order valence-electron chi connectivity index (χ4n) is 3.70. The van der Waals surface area contributed by atoms with Crippen LogP contribution >= 0.6 is 0 Å². The average Bonchev–Trinajstić information content (AvgIpc) is 2.59. The van der Waals surface area contributed by atoms with Gasteiger partial charge in [-0.1, -0.05) is 24.3 Å². The highest BCUT2D eigenvalue weighted by atomic mass is 16.2. The maximum absolute atomic E-state index is 12.1. The number of rotatable bonds is 4. The number of ketones is 2. The standard InChI is InChI=1S/C20H22N4O4/c1-9-15(11(3)25)17(23-19(27)21-9)13-5-7-14(8-6-13)18-16(12(4)26)10(2)22-20(28)24-18/h5-8,17-18H,1-4H3,(H2,21,23,27)(H2,22,24,28)/t17-,18-/m0/s1. The first-order valence-electron chi connectivity index (χ1n) is 8.87. The molecule has 2 heterocycles. The lowest BCUT2D eigenvalue weighted by molar-refractivity contribution is -0.114. The zero-order valence-electron chi connectivity index (χ0n) is 16.1. The highest BCUT2D eigenvalue weighted by molar-refractivity contribution is 5.99. The predicted molar refractivity (Wildman–Crippen MR) is 102 cm³/mol. The molecule has 4 amide bonds. The first kappa shape index (κ1) is 19.3. The summed E-state index contributed by atoms with van der Waals surface area (Å²) in [7, 11) is 0. The van der Waals surface area contributed by atoms with Crippen LogP contribution in [0.3, 0.4) is 0 Å². The van der Waals surface area contributed by atoms with E-state index in [1.165, 1.54) is 13.8 Å². The van der Waals surface area contributed by atoms with Crippen LogP contribution in [-0.4, -0.2) is 23.6 Å². The Hall–Kier alpha value is -3.42. The smallest absolute Gasteiger partial charge is 0.319 e. The van der Waals surface area contributed by atoms with Crippen molar-refractivity contribution in [2.45, 2.75) is 39.8 Å². The number of carbonyl (C=O) groups excluding carboxylic acids is 4. The molecular formula is C20H22N4O4. The number of hydrogen-bond acceptors (Lipinski definition) is 4. The van der Waals surface area contributed by atoms with E-state index < -0.39 is 12.1 Å². The average molecular weight is 382 g/mol. The number of nitrogens with one attached hydrogen (secondary N) is 4. The molecule has 0 saturated heterocycles. The Bertz CT molecular complexity index is 866. The molecule has 1 aromatic rings. The Morgan fingerprint density at radius 2 is 1.04 bits per heavy atom. The van der Waals surface area contributed by atoms with Crippen LogP contribution in [0.4, 0.5) is 9.59 Å². The maximum atomic E-state index is 12.1. The van der Waals surface area contributed by atoms with Crippen LogP contribution < -0.4 is 21.3 Å². The highest BCUT2D eigenvalue weighted by Crippen LogP contribution is 2.31. The third-order valence-corrected chi connectivity index (χ3v) is 4.90. The molecule has 0 aliphatic carbocycles. The van der Waals surface area contributed by atoms with Gasteiger partial charge in [-0.25, -0.2) is 9.59 Å². The molecule has 4 N–H and O–H groups in total. The number of hydrogen-bond donors (Lipinski definition) is 4. The van der Waals surface area contributed by atoms with Gasteiger partial charge in [0.15, 0.2) is 11.6 Å². The second-order valence-corrected chi connectivity index (χ2v) is 6.92. The lowest BCUT2D eigenvalue weighted by Crippen LogP contribution is -2.45. The van der Waals surface area contributed by atoms with E-state index in [0.717, 1.165) is 11.1 Å². The van der Waals surface area contributed by atoms with Crippen molar-refractivity contribution < 1.29 is 19.2 Å². The fourth-order valence-corrected chi connectivity index (χ4v) is 3.70. The third-order valence-electron chi connectivity index (χ3n) is 4.90. The molecule has 0 bridgehead atoms. The van der Waals surface area contributed by atoms with Gasteiger partial charge in [-0.3, -0.25) is 9.59 Å². The van der Waals surface area contributed by atoms with Gasteiger partial charge in [-0.2, -0.15) is 0 Å². The summed E-state index contributed by atoms with van der Waals surface area (Å²) in [5.74, 6) is -0.274. The molecule has 3 rings (SSSR count). The molecule has 1 aromatic carbocycles. The summed E-state index contributed by atoms with van der Waals surface area (Å²) in [6.07, 6.45) is 0. The molecule has 8 nitrogen and oxygen atoms in total. The summed E-state index contributed by atoms with van der Waals surface area (Å²) >= 11 is 0. The summed E-state index contributed by atoms with van der Waals surface area (Å²) in [6, 6.07) is 5.25. The summed E-state index contributed by atoms with van der Waals surface area (Å²) in [4.78, 5) is 47.8. The number of benzene rings is 1. The van der Waals surface area contributed by atoms with E-state index in [2.05, 4.69) is 21.3 Å². The molecule has 0 fully saturated rings. The van der Waals surface area contributed by atoms with Gasteiger partial charge in [0.05, 0.1) is 12.1 Å². The number of urea groups is 2. The molecular weight excluding hydrogens is 360 g/mol. The van der Waals surface area contributed by atoms with Gasteiger partial charge in [0.1, 0.15) is 0 Å². The molecule has 146 valence electrons.